The molecular formula is C18H22N6O. The summed E-state index contributed by atoms with van der Waals surface area (Å²) in [6, 6.07) is 4.53. The molecule has 0 saturated heterocycles. The zero-order valence-corrected chi connectivity index (χ0v) is 14.5. The Hall–Kier alpha value is -2.54. The molecule has 25 heavy (non-hydrogen) atoms. The number of aromatic nitrogens is 4. The van der Waals surface area contributed by atoms with Crippen molar-refractivity contribution in [1.29, 1.82) is 0 Å². The first-order valence-corrected chi connectivity index (χ1v) is 8.61. The number of pyridine rings is 1. The summed E-state index contributed by atoms with van der Waals surface area (Å²) in [4.78, 5) is 15.8. The zero-order valence-electron chi connectivity index (χ0n) is 14.5. The smallest absolute Gasteiger partial charge is 0.174 e. The van der Waals surface area contributed by atoms with E-state index in [0.29, 0.717) is 18.0 Å². The lowest BCUT2D eigenvalue weighted by Gasteiger charge is -2.29. The Morgan fingerprint density at radius 2 is 2.20 bits per heavy atom. The van der Waals surface area contributed by atoms with Crippen LogP contribution in [0, 0.1) is 6.92 Å². The lowest BCUT2D eigenvalue weighted by atomic mass is 10.1. The van der Waals surface area contributed by atoms with Gasteiger partial charge in [0, 0.05) is 36.8 Å². The van der Waals surface area contributed by atoms with Crippen LogP contribution in [-0.4, -0.2) is 57.1 Å². The topological polar surface area (TPSA) is 79.3 Å². The van der Waals surface area contributed by atoms with Gasteiger partial charge in [0.2, 0.25) is 0 Å². The van der Waals surface area contributed by atoms with E-state index >= 15 is 0 Å². The molecule has 7 nitrogen and oxygen atoms in total. The van der Waals surface area contributed by atoms with Gasteiger partial charge in [0.25, 0.3) is 0 Å². The molecule has 2 aliphatic rings. The minimum absolute atomic E-state index is 0.380. The van der Waals surface area contributed by atoms with Crippen molar-refractivity contribution < 1.29 is 4.74 Å². The first kappa shape index (κ1) is 16.0. The van der Waals surface area contributed by atoms with Crippen LogP contribution < -0.4 is 0 Å². The third-order valence-electron chi connectivity index (χ3n) is 4.99. The normalized spacial score (nSPS) is 23.1. The molecular weight excluding hydrogens is 316 g/mol. The van der Waals surface area contributed by atoms with Crippen LogP contribution in [0.3, 0.4) is 0 Å². The van der Waals surface area contributed by atoms with Crippen molar-refractivity contribution in [3.05, 3.63) is 35.9 Å². The van der Waals surface area contributed by atoms with Gasteiger partial charge in [0.05, 0.1) is 18.3 Å². The summed E-state index contributed by atoms with van der Waals surface area (Å²) in [5.41, 5.74) is 3.72. The van der Waals surface area contributed by atoms with Crippen LogP contribution in [0.25, 0.3) is 17.2 Å². The average molecular weight is 338 g/mol. The largest absolute Gasteiger partial charge is 0.381 e. The van der Waals surface area contributed by atoms with E-state index in [1.165, 1.54) is 6.33 Å². The number of hydrogen-bond donors (Lipinski definition) is 1. The quantitative estimate of drug-likeness (QED) is 0.926. The number of aliphatic imine (C=N–C) groups is 1. The number of hydrogen-bond acceptors (Lipinski definition) is 6. The van der Waals surface area contributed by atoms with E-state index in [9.17, 15) is 0 Å². The molecule has 0 unspecified atom stereocenters. The van der Waals surface area contributed by atoms with Crippen molar-refractivity contribution in [2.45, 2.75) is 38.3 Å². The molecule has 1 saturated carbocycles. The average Bonchev–Trinajstić information content (AvgIpc) is 3.33. The molecule has 0 bridgehead atoms. The summed E-state index contributed by atoms with van der Waals surface area (Å²) in [7, 11) is 1.80. The summed E-state index contributed by atoms with van der Waals surface area (Å²) in [5.74, 6) is 0.675. The first-order chi connectivity index (χ1) is 12.2. The Morgan fingerprint density at radius 3 is 2.92 bits per heavy atom. The van der Waals surface area contributed by atoms with Crippen LogP contribution in [-0.2, 0) is 4.74 Å². The fourth-order valence-corrected chi connectivity index (χ4v) is 3.60. The lowest BCUT2D eigenvalue weighted by Crippen LogP contribution is -2.32. The van der Waals surface area contributed by atoms with E-state index in [4.69, 9.17) is 4.74 Å². The van der Waals surface area contributed by atoms with Gasteiger partial charge in [0.1, 0.15) is 12.0 Å². The predicted molar refractivity (Wildman–Crippen MR) is 96.0 cm³/mol. The third-order valence-corrected chi connectivity index (χ3v) is 4.99. The minimum atomic E-state index is 0.380. The van der Waals surface area contributed by atoms with E-state index < -0.39 is 0 Å². The summed E-state index contributed by atoms with van der Waals surface area (Å²) in [6.07, 6.45) is 9.39. The first-order valence-electron chi connectivity index (χ1n) is 8.61. The van der Waals surface area contributed by atoms with Gasteiger partial charge < -0.3 is 9.64 Å². The second-order valence-corrected chi connectivity index (χ2v) is 6.51. The van der Waals surface area contributed by atoms with Crippen LogP contribution in [0.4, 0.5) is 0 Å². The molecule has 2 aromatic rings. The SMILES string of the molecule is CO[C@H]1CC[C@H](N2C=C(c3ccc(-c4ncn[nH]4)nc3C)N=CC2)C1. The number of aryl methyl sites for hydroxylation is 1. The molecule has 7 heteroatoms. The van der Waals surface area contributed by atoms with Crippen molar-refractivity contribution in [3.8, 4) is 11.5 Å². The van der Waals surface area contributed by atoms with Gasteiger partial charge in [-0.2, -0.15) is 5.10 Å². The predicted octanol–water partition coefficient (Wildman–Crippen LogP) is 2.43. The molecule has 1 aliphatic heterocycles. The van der Waals surface area contributed by atoms with Gasteiger partial charge in [-0.1, -0.05) is 0 Å². The van der Waals surface area contributed by atoms with Crippen LogP contribution in [0.15, 0.2) is 29.7 Å². The van der Waals surface area contributed by atoms with Crippen molar-refractivity contribution in [2.24, 2.45) is 4.99 Å². The van der Waals surface area contributed by atoms with E-state index in [2.05, 4.69) is 42.3 Å². The van der Waals surface area contributed by atoms with E-state index in [1.807, 2.05) is 19.2 Å². The van der Waals surface area contributed by atoms with Crippen molar-refractivity contribution in [2.75, 3.05) is 13.7 Å². The number of nitrogens with one attached hydrogen (secondary N) is 1. The number of rotatable bonds is 4. The maximum atomic E-state index is 5.51. The van der Waals surface area contributed by atoms with Gasteiger partial charge in [-0.25, -0.2) is 9.97 Å². The number of methoxy groups -OCH3 is 1. The highest BCUT2D eigenvalue weighted by Gasteiger charge is 2.28. The van der Waals surface area contributed by atoms with Crippen LogP contribution in [0.2, 0.25) is 0 Å². The highest BCUT2D eigenvalue weighted by molar-refractivity contribution is 5.78. The molecule has 1 fully saturated rings. The number of nitrogens with zero attached hydrogens (tertiary/aromatic N) is 5. The molecule has 3 heterocycles. The molecule has 4 rings (SSSR count). The van der Waals surface area contributed by atoms with E-state index in [0.717, 1.165) is 48.5 Å². The molecule has 2 atom stereocenters. The number of H-pyrrole nitrogens is 1. The fraction of sp³-hybridized carbons (Fsp3) is 0.444. The van der Waals surface area contributed by atoms with Crippen molar-refractivity contribution >= 4 is 11.9 Å². The van der Waals surface area contributed by atoms with E-state index in [1.54, 1.807) is 7.11 Å². The molecule has 2 aromatic heterocycles. The van der Waals surface area contributed by atoms with Crippen LogP contribution in [0.5, 0.6) is 0 Å². The summed E-state index contributed by atoms with van der Waals surface area (Å²) >= 11 is 0. The van der Waals surface area contributed by atoms with Gasteiger partial charge >= 0.3 is 0 Å². The minimum Gasteiger partial charge on any atom is -0.381 e. The standard InChI is InChI=1S/C18H22N6O/c1-12-15(5-6-16(22-12)18-20-11-21-23-18)17-10-24(8-7-19-17)13-3-4-14(9-13)25-2/h5-7,10-11,13-14H,3-4,8-9H2,1-2H3,(H,20,21,23)/t13-,14-/m0/s1. The van der Waals surface area contributed by atoms with Crippen LogP contribution in [0.1, 0.15) is 30.5 Å². The lowest BCUT2D eigenvalue weighted by molar-refractivity contribution is 0.103. The molecule has 0 spiro atoms. The second kappa shape index (κ2) is 6.76. The van der Waals surface area contributed by atoms with Crippen molar-refractivity contribution in [3.63, 3.8) is 0 Å². The molecule has 0 amide bonds. The Morgan fingerprint density at radius 1 is 1.28 bits per heavy atom. The van der Waals surface area contributed by atoms with Gasteiger partial charge in [0.15, 0.2) is 5.82 Å². The Balaban J connectivity index is 1.57. The third kappa shape index (κ3) is 3.19. The molecule has 0 radical (unpaired) electrons. The van der Waals surface area contributed by atoms with Gasteiger partial charge in [-0.15, -0.1) is 0 Å². The second-order valence-electron chi connectivity index (χ2n) is 6.51. The molecule has 1 aliphatic carbocycles. The molecule has 1 N–H and O–H groups in total. The number of aromatic amines is 1. The van der Waals surface area contributed by atoms with E-state index in [-0.39, 0.29) is 0 Å². The van der Waals surface area contributed by atoms with Gasteiger partial charge in [-0.3, -0.25) is 10.1 Å². The van der Waals surface area contributed by atoms with Gasteiger partial charge in [-0.05, 0) is 38.3 Å². The van der Waals surface area contributed by atoms with Crippen LogP contribution >= 0.6 is 0 Å². The summed E-state index contributed by atoms with van der Waals surface area (Å²) in [6.45, 7) is 2.86. The maximum absolute atomic E-state index is 5.51. The number of ether oxygens (including phenoxy) is 1. The maximum Gasteiger partial charge on any atom is 0.174 e. The molecule has 130 valence electrons. The fourth-order valence-electron chi connectivity index (χ4n) is 3.60. The molecule has 0 aromatic carbocycles. The highest BCUT2D eigenvalue weighted by Crippen LogP contribution is 2.30. The summed E-state index contributed by atoms with van der Waals surface area (Å²) < 4.78 is 5.51. The van der Waals surface area contributed by atoms with Crippen molar-refractivity contribution in [1.82, 2.24) is 25.1 Å². The Kier molecular flexibility index (Phi) is 4.31. The monoisotopic (exact) mass is 338 g/mol. The Labute approximate surface area is 146 Å². The zero-order chi connectivity index (χ0) is 17.2. The Bertz CT molecular complexity index is 798. The summed E-state index contributed by atoms with van der Waals surface area (Å²) in [5, 5.41) is 6.73. The highest BCUT2D eigenvalue weighted by atomic mass is 16.5.